The molecule has 0 saturated carbocycles. The molecule has 0 radical (unpaired) electrons. The van der Waals surface area contributed by atoms with Crippen LogP contribution in [0, 0.1) is 0 Å². The number of methoxy groups -OCH3 is 1. The van der Waals surface area contributed by atoms with Gasteiger partial charge in [0.2, 0.25) is 0 Å². The van der Waals surface area contributed by atoms with Gasteiger partial charge in [0, 0.05) is 24.7 Å². The zero-order chi connectivity index (χ0) is 28.3. The van der Waals surface area contributed by atoms with Gasteiger partial charge in [-0.1, -0.05) is 37.6 Å². The van der Waals surface area contributed by atoms with Gasteiger partial charge in [0.1, 0.15) is 11.4 Å². The van der Waals surface area contributed by atoms with Crippen molar-refractivity contribution in [1.82, 2.24) is 14.7 Å². The molecule has 4 rings (SSSR count). The predicted octanol–water partition coefficient (Wildman–Crippen LogP) is 7.02. The van der Waals surface area contributed by atoms with Gasteiger partial charge in [-0.3, -0.25) is 4.79 Å². The normalized spacial score (nSPS) is 14.4. The number of nitrogens with zero attached hydrogens (tertiary/aromatic N) is 3. The van der Waals surface area contributed by atoms with Crippen molar-refractivity contribution in [3.05, 3.63) is 70.5 Å². The molecule has 39 heavy (non-hydrogen) atoms. The van der Waals surface area contributed by atoms with Crippen molar-refractivity contribution in [2.45, 2.75) is 64.9 Å². The first-order valence-corrected chi connectivity index (χ1v) is 13.7. The van der Waals surface area contributed by atoms with E-state index in [4.69, 9.17) is 21.1 Å². The van der Waals surface area contributed by atoms with E-state index in [0.29, 0.717) is 53.9 Å². The first-order chi connectivity index (χ1) is 18.5. The van der Waals surface area contributed by atoms with Gasteiger partial charge in [-0.2, -0.15) is 5.10 Å². The number of ether oxygens (including phenoxy) is 2. The van der Waals surface area contributed by atoms with Crippen LogP contribution >= 0.6 is 11.6 Å². The van der Waals surface area contributed by atoms with Crippen LogP contribution in [-0.2, 0) is 4.74 Å². The van der Waals surface area contributed by atoms with Crippen LogP contribution in [0.1, 0.15) is 80.9 Å². The van der Waals surface area contributed by atoms with Crippen LogP contribution in [-0.4, -0.2) is 52.5 Å². The second-order valence-electron chi connectivity index (χ2n) is 11.1. The highest BCUT2D eigenvalue weighted by molar-refractivity contribution is 6.32. The van der Waals surface area contributed by atoms with Crippen LogP contribution in [0.4, 0.5) is 10.5 Å². The van der Waals surface area contributed by atoms with E-state index in [9.17, 15) is 9.59 Å². The van der Waals surface area contributed by atoms with Crippen molar-refractivity contribution in [3.8, 4) is 11.4 Å². The number of nitrogens with one attached hydrogen (secondary N) is 1. The molecule has 2 heterocycles. The third-order valence-electron chi connectivity index (χ3n) is 6.80. The van der Waals surface area contributed by atoms with Gasteiger partial charge in [-0.25, -0.2) is 9.48 Å². The molecule has 0 unspecified atom stereocenters. The number of likely N-dealkylation sites (tertiary alicyclic amines) is 1. The summed E-state index contributed by atoms with van der Waals surface area (Å²) in [4.78, 5) is 27.9. The van der Waals surface area contributed by atoms with Crippen molar-refractivity contribution < 1.29 is 19.1 Å². The fourth-order valence-electron chi connectivity index (χ4n) is 4.74. The number of hydrogen-bond donors (Lipinski definition) is 1. The third-order valence-corrected chi connectivity index (χ3v) is 7.09. The zero-order valence-corrected chi connectivity index (χ0v) is 24.2. The molecule has 0 atom stereocenters. The molecule has 1 aliphatic heterocycles. The minimum atomic E-state index is -0.551. The standard InChI is InChI=1S/C30H37ClN4O4/c1-19(2)20-7-10-23(11-8-20)35-27(21-13-15-34(16-14-21)29(37)39-30(3,4)5)24(18-32-35)28(36)33-22-9-12-26(38-6)25(31)17-22/h7-12,17-19,21H,13-16H2,1-6H3,(H,33,36). The molecule has 0 spiro atoms. The number of hydrogen-bond acceptors (Lipinski definition) is 5. The highest BCUT2D eigenvalue weighted by Crippen LogP contribution is 2.34. The van der Waals surface area contributed by atoms with Crippen molar-refractivity contribution in [3.63, 3.8) is 0 Å². The summed E-state index contributed by atoms with van der Waals surface area (Å²) in [6, 6.07) is 13.4. The van der Waals surface area contributed by atoms with Crippen molar-refractivity contribution in [2.24, 2.45) is 0 Å². The fourth-order valence-corrected chi connectivity index (χ4v) is 4.99. The van der Waals surface area contributed by atoms with Gasteiger partial charge in [0.25, 0.3) is 5.91 Å². The van der Waals surface area contributed by atoms with E-state index in [1.807, 2.05) is 37.6 Å². The van der Waals surface area contributed by atoms with E-state index in [1.165, 1.54) is 5.56 Å². The average Bonchev–Trinajstić information content (AvgIpc) is 3.33. The molecule has 1 saturated heterocycles. The van der Waals surface area contributed by atoms with E-state index >= 15 is 0 Å². The smallest absolute Gasteiger partial charge is 0.410 e. The Morgan fingerprint density at radius 2 is 1.74 bits per heavy atom. The highest BCUT2D eigenvalue weighted by atomic mass is 35.5. The number of anilines is 1. The van der Waals surface area contributed by atoms with Crippen LogP contribution in [0.2, 0.25) is 5.02 Å². The van der Waals surface area contributed by atoms with E-state index < -0.39 is 5.60 Å². The molecule has 0 aliphatic carbocycles. The van der Waals surface area contributed by atoms with Gasteiger partial charge in [0.05, 0.1) is 35.3 Å². The molecule has 1 aliphatic rings. The summed E-state index contributed by atoms with van der Waals surface area (Å²) in [7, 11) is 1.54. The maximum Gasteiger partial charge on any atom is 0.410 e. The van der Waals surface area contributed by atoms with Gasteiger partial charge >= 0.3 is 6.09 Å². The maximum atomic E-state index is 13.5. The Balaban J connectivity index is 1.63. The van der Waals surface area contributed by atoms with Crippen LogP contribution in [0.15, 0.2) is 48.7 Å². The van der Waals surface area contributed by atoms with Crippen molar-refractivity contribution in [2.75, 3.05) is 25.5 Å². The second kappa shape index (κ2) is 11.7. The van der Waals surface area contributed by atoms with Crippen LogP contribution in [0.25, 0.3) is 5.69 Å². The minimum Gasteiger partial charge on any atom is -0.495 e. The van der Waals surface area contributed by atoms with Crippen molar-refractivity contribution >= 4 is 29.3 Å². The van der Waals surface area contributed by atoms with Gasteiger partial charge in [-0.15, -0.1) is 0 Å². The fraction of sp³-hybridized carbons (Fsp3) is 0.433. The molecule has 1 aromatic heterocycles. The minimum absolute atomic E-state index is 0.0242. The summed E-state index contributed by atoms with van der Waals surface area (Å²) in [5.41, 5.74) is 3.44. The zero-order valence-electron chi connectivity index (χ0n) is 23.5. The average molecular weight is 553 g/mol. The Bertz CT molecular complexity index is 1320. The number of carbonyl (C=O) groups is 2. The summed E-state index contributed by atoms with van der Waals surface area (Å²) in [6.45, 7) is 11.0. The lowest BCUT2D eigenvalue weighted by molar-refractivity contribution is 0.0203. The van der Waals surface area contributed by atoms with Crippen molar-refractivity contribution in [1.29, 1.82) is 0 Å². The summed E-state index contributed by atoms with van der Waals surface area (Å²) in [5.74, 6) is 0.692. The van der Waals surface area contributed by atoms with E-state index in [1.54, 1.807) is 36.4 Å². The van der Waals surface area contributed by atoms with Gasteiger partial charge < -0.3 is 19.7 Å². The molecule has 208 valence electrons. The first kappa shape index (κ1) is 28.5. The molecule has 3 aromatic rings. The number of aromatic nitrogens is 2. The number of amides is 2. The molecule has 9 heteroatoms. The third kappa shape index (κ3) is 6.74. The van der Waals surface area contributed by atoms with Gasteiger partial charge in [-0.05, 0) is 75.4 Å². The molecule has 0 bridgehead atoms. The van der Waals surface area contributed by atoms with Crippen LogP contribution < -0.4 is 10.1 Å². The Kier molecular flexibility index (Phi) is 8.54. The molecule has 8 nitrogen and oxygen atoms in total. The number of halogens is 1. The summed E-state index contributed by atoms with van der Waals surface area (Å²) >= 11 is 6.28. The lowest BCUT2D eigenvalue weighted by Gasteiger charge is -2.34. The van der Waals surface area contributed by atoms with Crippen LogP contribution in [0.3, 0.4) is 0 Å². The molecule has 2 aromatic carbocycles. The van der Waals surface area contributed by atoms with Crippen LogP contribution in [0.5, 0.6) is 5.75 Å². The number of rotatable bonds is 6. The molecule has 1 N–H and O–H groups in total. The topological polar surface area (TPSA) is 85.7 Å². The Morgan fingerprint density at radius 3 is 2.31 bits per heavy atom. The summed E-state index contributed by atoms with van der Waals surface area (Å²) < 4.78 is 12.6. The highest BCUT2D eigenvalue weighted by Gasteiger charge is 2.32. The van der Waals surface area contributed by atoms with Gasteiger partial charge in [0.15, 0.2) is 0 Å². The monoisotopic (exact) mass is 552 g/mol. The number of benzene rings is 2. The first-order valence-electron chi connectivity index (χ1n) is 13.3. The maximum absolute atomic E-state index is 13.5. The SMILES string of the molecule is COc1ccc(NC(=O)c2cnn(-c3ccc(C(C)C)cc3)c2C2CCN(C(=O)OC(C)(C)C)CC2)cc1Cl. The largest absolute Gasteiger partial charge is 0.495 e. The van der Waals surface area contributed by atoms with E-state index in [-0.39, 0.29) is 17.9 Å². The lowest BCUT2D eigenvalue weighted by Crippen LogP contribution is -2.41. The Morgan fingerprint density at radius 1 is 1.08 bits per heavy atom. The molecular weight excluding hydrogens is 516 g/mol. The predicted molar refractivity (Wildman–Crippen MR) is 153 cm³/mol. The quantitative estimate of drug-likeness (QED) is 0.355. The summed E-state index contributed by atoms with van der Waals surface area (Å²) in [5, 5.41) is 8.01. The Labute approximate surface area is 235 Å². The molecular formula is C30H37ClN4O4. The van der Waals surface area contributed by atoms with E-state index in [2.05, 4.69) is 36.4 Å². The molecule has 2 amide bonds. The lowest BCUT2D eigenvalue weighted by atomic mass is 9.90. The van der Waals surface area contributed by atoms with E-state index in [0.717, 1.165) is 11.4 Å². The second-order valence-corrected chi connectivity index (χ2v) is 11.6. The number of piperidine rings is 1. The Hall–Kier alpha value is -3.52. The molecule has 1 fully saturated rings. The summed E-state index contributed by atoms with van der Waals surface area (Å²) in [6.07, 6.45) is 2.67. The number of carbonyl (C=O) groups excluding carboxylic acids is 2.